The van der Waals surface area contributed by atoms with Gasteiger partial charge in [-0.15, -0.1) is 50.9 Å². The Morgan fingerprint density at radius 3 is 1.35 bits per heavy atom. The lowest BCUT2D eigenvalue weighted by Crippen LogP contribution is -2.34. The lowest BCUT2D eigenvalue weighted by Gasteiger charge is -2.22. The van der Waals surface area contributed by atoms with Crippen molar-refractivity contribution in [3.05, 3.63) is 30.3 Å². The summed E-state index contributed by atoms with van der Waals surface area (Å²) >= 11 is 0. The number of hydrogen-bond donors (Lipinski definition) is 0. The van der Waals surface area contributed by atoms with Gasteiger partial charge in [0.2, 0.25) is 0 Å². The highest BCUT2D eigenvalue weighted by atomic mass is 79.9. The normalized spacial score (nSPS) is 8.29. The molecule has 5 heteroatoms. The van der Waals surface area contributed by atoms with Crippen LogP contribution in [0.25, 0.3) is 0 Å². The van der Waals surface area contributed by atoms with Crippen molar-refractivity contribution in [2.75, 3.05) is 21.1 Å². The quantitative estimate of drug-likeness (QED) is 0.602. The van der Waals surface area contributed by atoms with Gasteiger partial charge in [0.15, 0.2) is 0 Å². The third-order valence-electron chi connectivity index (χ3n) is 1.53. The molecule has 0 atom stereocenters. The molecule has 0 saturated carbocycles. The molecule has 0 amide bonds. The van der Waals surface area contributed by atoms with E-state index in [0.717, 1.165) is 4.48 Å². The fourth-order valence-corrected chi connectivity index (χ4v) is 0.875. The molecule has 102 valence electrons. The summed E-state index contributed by atoms with van der Waals surface area (Å²) in [5.74, 6) is 0.167. The lowest BCUT2D eigenvalue weighted by molar-refractivity contribution is -0.114. The van der Waals surface area contributed by atoms with Gasteiger partial charge in [0.1, 0.15) is 11.5 Å². The third kappa shape index (κ3) is 16.3. The van der Waals surface area contributed by atoms with Crippen molar-refractivity contribution in [2.24, 2.45) is 0 Å². The molecule has 1 rings (SSSR count). The van der Waals surface area contributed by atoms with Gasteiger partial charge in [0.25, 0.3) is 0 Å². The Bertz CT molecular complexity index is 280. The van der Waals surface area contributed by atoms with Gasteiger partial charge in [0, 0.05) is 0 Å². The Balaban J connectivity index is -0.000000108. The van der Waals surface area contributed by atoms with Crippen LogP contribution in [0.15, 0.2) is 30.3 Å². The van der Waals surface area contributed by atoms with E-state index in [-0.39, 0.29) is 56.7 Å². The van der Waals surface area contributed by atoms with Crippen LogP contribution in [0.4, 0.5) is 5.69 Å². The molecule has 0 heterocycles. The van der Waals surface area contributed by atoms with E-state index in [4.69, 9.17) is 0 Å². The van der Waals surface area contributed by atoms with Crippen molar-refractivity contribution in [2.45, 2.75) is 13.8 Å². The van der Waals surface area contributed by atoms with Crippen LogP contribution >= 0.6 is 50.9 Å². The van der Waals surface area contributed by atoms with Gasteiger partial charge in [-0.25, -0.2) is 0 Å². The van der Waals surface area contributed by atoms with Crippen LogP contribution in [0.2, 0.25) is 0 Å². The highest BCUT2D eigenvalue weighted by Crippen LogP contribution is 2.14. The number of Topliss-reactive ketones (excluding diaryl/α,β-unsaturated/α-hetero) is 1. The predicted molar refractivity (Wildman–Crippen MR) is 93.3 cm³/mol. The second-order valence-electron chi connectivity index (χ2n) is 4.26. The van der Waals surface area contributed by atoms with E-state index in [9.17, 15) is 4.79 Å². The van der Waals surface area contributed by atoms with Crippen LogP contribution in [0.3, 0.4) is 0 Å². The molecule has 0 radical (unpaired) electrons. The lowest BCUT2D eigenvalue weighted by atomic mass is 10.3. The van der Waals surface area contributed by atoms with Gasteiger partial charge < -0.3 is 4.79 Å². The van der Waals surface area contributed by atoms with Crippen LogP contribution in [0.5, 0.6) is 0 Å². The number of quaternary nitrogens is 1. The zero-order chi connectivity index (χ0) is 11.2. The molecular formula is C12H23Br3NO+. The standard InChI is InChI=1S/C9H14N.C3H6O.3BrH/c1-10(2,3)9-7-5-4-6-8-9;1-3(2)4;;;/h4-8H,1-3H3;1-2H3;3*1H/q+1;;;;. The minimum Gasteiger partial charge on any atom is -0.300 e. The van der Waals surface area contributed by atoms with Crippen molar-refractivity contribution in [3.8, 4) is 0 Å². The molecule has 2 nitrogen and oxygen atoms in total. The van der Waals surface area contributed by atoms with E-state index in [2.05, 4.69) is 45.4 Å². The Morgan fingerprint density at radius 2 is 1.18 bits per heavy atom. The number of ketones is 1. The largest absolute Gasteiger partial charge is 0.300 e. The van der Waals surface area contributed by atoms with Crippen molar-refractivity contribution < 1.29 is 4.79 Å². The molecule has 0 aliphatic rings. The van der Waals surface area contributed by atoms with E-state index in [1.54, 1.807) is 0 Å². The van der Waals surface area contributed by atoms with Gasteiger partial charge >= 0.3 is 0 Å². The summed E-state index contributed by atoms with van der Waals surface area (Å²) in [5.41, 5.74) is 1.34. The van der Waals surface area contributed by atoms with Gasteiger partial charge in [-0.3, -0.25) is 4.48 Å². The average molecular weight is 437 g/mol. The molecule has 0 aliphatic carbocycles. The maximum absolute atomic E-state index is 9.44. The van der Waals surface area contributed by atoms with Gasteiger partial charge in [-0.2, -0.15) is 0 Å². The Morgan fingerprint density at radius 1 is 0.882 bits per heavy atom. The SMILES string of the molecule is Br.Br.Br.CC(C)=O.C[N+](C)(C)c1ccccc1. The number of carbonyl (C=O) groups excluding carboxylic acids is 1. The molecule has 0 bridgehead atoms. The van der Waals surface area contributed by atoms with Crippen LogP contribution in [0, 0.1) is 0 Å². The topological polar surface area (TPSA) is 17.1 Å². The van der Waals surface area contributed by atoms with E-state index >= 15 is 0 Å². The molecule has 1 aromatic carbocycles. The zero-order valence-electron chi connectivity index (χ0n) is 11.0. The van der Waals surface area contributed by atoms with E-state index in [1.165, 1.54) is 19.5 Å². The third-order valence-corrected chi connectivity index (χ3v) is 1.53. The summed E-state index contributed by atoms with van der Waals surface area (Å²) in [5, 5.41) is 0. The Kier molecular flexibility index (Phi) is 19.5. The van der Waals surface area contributed by atoms with Crippen LogP contribution in [-0.2, 0) is 4.79 Å². The maximum Gasteiger partial charge on any atom is 0.132 e. The molecule has 0 unspecified atom stereocenters. The monoisotopic (exact) mass is 434 g/mol. The molecule has 0 N–H and O–H groups in total. The minimum absolute atomic E-state index is 0. The number of rotatable bonds is 1. The number of halogens is 3. The first-order valence-electron chi connectivity index (χ1n) is 4.68. The number of benzene rings is 1. The number of carbonyl (C=O) groups is 1. The molecule has 0 aliphatic heterocycles. The zero-order valence-corrected chi connectivity index (χ0v) is 16.1. The summed E-state index contributed by atoms with van der Waals surface area (Å²) in [7, 11) is 6.49. The predicted octanol–water partition coefficient (Wildman–Crippen LogP) is 4.21. The number of nitrogens with zero attached hydrogens (tertiary/aromatic N) is 1. The van der Waals surface area contributed by atoms with Gasteiger partial charge in [0.05, 0.1) is 21.1 Å². The fraction of sp³-hybridized carbons (Fsp3) is 0.417. The van der Waals surface area contributed by atoms with Crippen molar-refractivity contribution in [1.82, 2.24) is 4.48 Å². The summed E-state index contributed by atoms with van der Waals surface area (Å²) in [6.45, 7) is 3.06. The van der Waals surface area contributed by atoms with Crippen LogP contribution in [-0.4, -0.2) is 26.9 Å². The first-order chi connectivity index (χ1) is 6.34. The first-order valence-corrected chi connectivity index (χ1v) is 4.68. The van der Waals surface area contributed by atoms with E-state index in [1.807, 2.05) is 6.07 Å². The Labute approximate surface area is 136 Å². The molecule has 17 heavy (non-hydrogen) atoms. The van der Waals surface area contributed by atoms with E-state index < -0.39 is 0 Å². The summed E-state index contributed by atoms with van der Waals surface area (Å²) in [6, 6.07) is 10.5. The molecule has 0 aromatic heterocycles. The Hall–Kier alpha value is 0.290. The number of para-hydroxylation sites is 1. The summed E-state index contributed by atoms with van der Waals surface area (Å²) in [6.07, 6.45) is 0. The summed E-state index contributed by atoms with van der Waals surface area (Å²) < 4.78 is 0.890. The van der Waals surface area contributed by atoms with Crippen LogP contribution < -0.4 is 4.48 Å². The molecule has 0 saturated heterocycles. The number of hydrogen-bond acceptors (Lipinski definition) is 1. The van der Waals surface area contributed by atoms with Crippen molar-refractivity contribution in [1.29, 1.82) is 0 Å². The van der Waals surface area contributed by atoms with Crippen LogP contribution in [0.1, 0.15) is 13.8 Å². The van der Waals surface area contributed by atoms with Crippen molar-refractivity contribution >= 4 is 62.4 Å². The van der Waals surface area contributed by atoms with E-state index in [0.29, 0.717) is 0 Å². The second-order valence-corrected chi connectivity index (χ2v) is 4.26. The molecule has 1 aromatic rings. The maximum atomic E-state index is 9.44. The minimum atomic E-state index is 0. The average Bonchev–Trinajstić information content (AvgIpc) is 2.03. The van der Waals surface area contributed by atoms with Gasteiger partial charge in [-0.1, -0.05) is 18.2 Å². The summed E-state index contributed by atoms with van der Waals surface area (Å²) in [4.78, 5) is 9.44. The first kappa shape index (κ1) is 26.0. The van der Waals surface area contributed by atoms with Crippen molar-refractivity contribution in [3.63, 3.8) is 0 Å². The highest BCUT2D eigenvalue weighted by molar-refractivity contribution is 8.93. The molecular weight excluding hydrogens is 414 g/mol. The second kappa shape index (κ2) is 12.7. The smallest absolute Gasteiger partial charge is 0.132 e. The molecule has 0 fully saturated rings. The fourth-order valence-electron chi connectivity index (χ4n) is 0.875. The molecule has 0 spiro atoms. The van der Waals surface area contributed by atoms with Gasteiger partial charge in [-0.05, 0) is 26.0 Å². The highest BCUT2D eigenvalue weighted by Gasteiger charge is 2.08.